The van der Waals surface area contributed by atoms with E-state index >= 15 is 0 Å². The summed E-state index contributed by atoms with van der Waals surface area (Å²) in [5.41, 5.74) is 4.74. The van der Waals surface area contributed by atoms with E-state index in [1.165, 1.54) is 17.7 Å². The molecule has 3 aromatic rings. The van der Waals surface area contributed by atoms with Crippen LogP contribution in [0.1, 0.15) is 66.1 Å². The third-order valence-corrected chi connectivity index (χ3v) is 8.64. The van der Waals surface area contributed by atoms with Crippen LogP contribution in [0.25, 0.3) is 22.3 Å². The zero-order valence-electron chi connectivity index (χ0n) is 21.5. The highest BCUT2D eigenvalue weighted by atomic mass is 19.3. The Morgan fingerprint density at radius 1 is 1.05 bits per heavy atom. The molecule has 1 saturated carbocycles. The number of aromatic nitrogens is 2. The molecule has 1 aliphatic carbocycles. The minimum atomic E-state index is -2.63. The van der Waals surface area contributed by atoms with Gasteiger partial charge in [0.05, 0.1) is 5.69 Å². The summed E-state index contributed by atoms with van der Waals surface area (Å²) in [5.74, 6) is -3.60. The predicted molar refractivity (Wildman–Crippen MR) is 139 cm³/mol. The standard InChI is InChI=1S/C29H29F2N5O3/c30-29(31)13-20(14-29)35-10-7-21-19(15-34-8-1-2-9-34)12-23(32-26(21)35)17-3-4-22-18(11-17)16-36(28(22)39)24-5-6-25(37)33-27(24)38/h3-4,7,10-12,20,24H,1-2,5-6,8-9,13-16H2,(H,33,37,38). The average molecular weight is 534 g/mol. The Kier molecular flexibility index (Phi) is 5.59. The van der Waals surface area contributed by atoms with Crippen LogP contribution in [0.2, 0.25) is 0 Å². The van der Waals surface area contributed by atoms with Gasteiger partial charge < -0.3 is 9.47 Å². The van der Waals surface area contributed by atoms with Gasteiger partial charge in [-0.3, -0.25) is 24.6 Å². The second kappa shape index (κ2) is 8.94. The Labute approximate surface area is 224 Å². The van der Waals surface area contributed by atoms with E-state index in [9.17, 15) is 23.2 Å². The van der Waals surface area contributed by atoms with Crippen LogP contribution >= 0.6 is 0 Å². The first-order valence-electron chi connectivity index (χ1n) is 13.6. The molecule has 3 amide bonds. The maximum absolute atomic E-state index is 13.7. The number of benzene rings is 1. The van der Waals surface area contributed by atoms with Crippen LogP contribution in [0.15, 0.2) is 36.5 Å². The number of likely N-dealkylation sites (tertiary alicyclic amines) is 1. The summed E-state index contributed by atoms with van der Waals surface area (Å²) in [5, 5.41) is 3.32. The number of hydrogen-bond donors (Lipinski definition) is 1. The number of nitrogens with zero attached hydrogens (tertiary/aromatic N) is 4. The lowest BCUT2D eigenvalue weighted by molar-refractivity contribution is -0.136. The van der Waals surface area contributed by atoms with Crippen molar-refractivity contribution in [2.45, 2.75) is 69.6 Å². The van der Waals surface area contributed by atoms with Crippen LogP contribution < -0.4 is 5.32 Å². The highest BCUT2D eigenvalue weighted by molar-refractivity contribution is 6.05. The molecule has 1 aromatic carbocycles. The van der Waals surface area contributed by atoms with Gasteiger partial charge in [-0.05, 0) is 67.7 Å². The van der Waals surface area contributed by atoms with Crippen LogP contribution in [0.5, 0.6) is 0 Å². The summed E-state index contributed by atoms with van der Waals surface area (Å²) < 4.78 is 29.4. The van der Waals surface area contributed by atoms with E-state index in [2.05, 4.69) is 16.3 Å². The van der Waals surface area contributed by atoms with Gasteiger partial charge in [0.25, 0.3) is 11.8 Å². The fraction of sp³-hybridized carbons (Fsp3) is 0.448. The Hall–Kier alpha value is -3.66. The summed E-state index contributed by atoms with van der Waals surface area (Å²) >= 11 is 0. The van der Waals surface area contributed by atoms with E-state index in [0.29, 0.717) is 17.6 Å². The number of halogens is 2. The first-order valence-corrected chi connectivity index (χ1v) is 13.6. The molecule has 202 valence electrons. The predicted octanol–water partition coefficient (Wildman–Crippen LogP) is 4.03. The molecule has 0 radical (unpaired) electrons. The van der Waals surface area contributed by atoms with Gasteiger partial charge in [-0.2, -0.15) is 0 Å². The van der Waals surface area contributed by atoms with Crippen molar-refractivity contribution in [1.82, 2.24) is 24.7 Å². The molecule has 2 aromatic heterocycles. The van der Waals surface area contributed by atoms with Crippen molar-refractivity contribution in [2.75, 3.05) is 13.1 Å². The second-order valence-corrected chi connectivity index (χ2v) is 11.3. The number of carbonyl (C=O) groups is 3. The molecule has 1 N–H and O–H groups in total. The Morgan fingerprint density at radius 2 is 1.85 bits per heavy atom. The lowest BCUT2D eigenvalue weighted by atomic mass is 9.88. The topological polar surface area (TPSA) is 87.5 Å². The fourth-order valence-corrected chi connectivity index (χ4v) is 6.51. The summed E-state index contributed by atoms with van der Waals surface area (Å²) in [6, 6.07) is 8.71. The zero-order valence-corrected chi connectivity index (χ0v) is 21.5. The third kappa shape index (κ3) is 4.21. The van der Waals surface area contributed by atoms with Gasteiger partial charge in [-0.15, -0.1) is 0 Å². The van der Waals surface area contributed by atoms with E-state index in [1.807, 2.05) is 29.0 Å². The molecule has 0 spiro atoms. The first kappa shape index (κ1) is 24.4. The van der Waals surface area contributed by atoms with Crippen molar-refractivity contribution < 1.29 is 23.2 Å². The summed E-state index contributed by atoms with van der Waals surface area (Å²) in [4.78, 5) is 46.1. The summed E-state index contributed by atoms with van der Waals surface area (Å²) in [6.07, 6.45) is 4.38. The third-order valence-electron chi connectivity index (χ3n) is 8.64. The van der Waals surface area contributed by atoms with Crippen molar-refractivity contribution in [1.29, 1.82) is 0 Å². The number of pyridine rings is 1. The summed E-state index contributed by atoms with van der Waals surface area (Å²) in [6.45, 7) is 3.12. The second-order valence-electron chi connectivity index (χ2n) is 11.3. The number of alkyl halides is 2. The van der Waals surface area contributed by atoms with Crippen molar-refractivity contribution >= 4 is 28.8 Å². The molecule has 8 nitrogen and oxygen atoms in total. The molecule has 5 heterocycles. The van der Waals surface area contributed by atoms with Gasteiger partial charge in [-0.25, -0.2) is 13.8 Å². The van der Waals surface area contributed by atoms with Gasteiger partial charge in [0.15, 0.2) is 0 Å². The molecule has 0 bridgehead atoms. The van der Waals surface area contributed by atoms with Crippen LogP contribution in [-0.2, 0) is 22.7 Å². The number of hydrogen-bond acceptors (Lipinski definition) is 5. The monoisotopic (exact) mass is 533 g/mol. The number of fused-ring (bicyclic) bond motifs is 2. The van der Waals surface area contributed by atoms with E-state index in [1.54, 1.807) is 6.07 Å². The minimum Gasteiger partial charge on any atom is -0.329 e. The molecule has 1 atom stereocenters. The number of amides is 3. The van der Waals surface area contributed by atoms with Gasteiger partial charge in [0.2, 0.25) is 11.8 Å². The smallest absolute Gasteiger partial charge is 0.255 e. The maximum atomic E-state index is 13.7. The van der Waals surface area contributed by atoms with E-state index in [-0.39, 0.29) is 43.7 Å². The number of piperidine rings is 1. The number of nitrogens with one attached hydrogen (secondary N) is 1. The molecule has 3 fully saturated rings. The van der Waals surface area contributed by atoms with Crippen molar-refractivity contribution in [2.24, 2.45) is 0 Å². The van der Waals surface area contributed by atoms with E-state index < -0.39 is 17.9 Å². The van der Waals surface area contributed by atoms with Crippen molar-refractivity contribution in [3.8, 4) is 11.3 Å². The molecule has 10 heteroatoms. The molecular weight excluding hydrogens is 504 g/mol. The summed E-state index contributed by atoms with van der Waals surface area (Å²) in [7, 11) is 0. The Balaban J connectivity index is 1.24. The van der Waals surface area contributed by atoms with Gasteiger partial charge in [0, 0.05) is 61.1 Å². The average Bonchev–Trinajstić information content (AvgIpc) is 3.62. The molecule has 2 saturated heterocycles. The highest BCUT2D eigenvalue weighted by Crippen LogP contribution is 2.47. The molecule has 4 aliphatic rings. The SMILES string of the molecule is O=C1CCC(N2Cc3cc(-c4cc(CN5CCCC5)c5ccn(C6CC(F)(F)C6)c5n4)ccc3C2=O)C(=O)N1. The van der Waals surface area contributed by atoms with Gasteiger partial charge in [0.1, 0.15) is 11.7 Å². The van der Waals surface area contributed by atoms with Crippen LogP contribution in [-0.4, -0.2) is 62.1 Å². The van der Waals surface area contributed by atoms with Crippen LogP contribution in [0.4, 0.5) is 8.78 Å². The molecule has 3 aliphatic heterocycles. The lowest BCUT2D eigenvalue weighted by Gasteiger charge is -2.36. The lowest BCUT2D eigenvalue weighted by Crippen LogP contribution is -2.52. The number of rotatable bonds is 5. The normalized spacial score (nSPS) is 23.4. The largest absolute Gasteiger partial charge is 0.329 e. The molecule has 7 rings (SSSR count). The van der Waals surface area contributed by atoms with E-state index in [0.717, 1.165) is 47.4 Å². The zero-order chi connectivity index (χ0) is 26.9. The van der Waals surface area contributed by atoms with Crippen LogP contribution in [0, 0.1) is 0 Å². The highest BCUT2D eigenvalue weighted by Gasteiger charge is 2.46. The Bertz CT molecular complexity index is 1520. The maximum Gasteiger partial charge on any atom is 0.255 e. The first-order chi connectivity index (χ1) is 18.8. The minimum absolute atomic E-state index is 0.179. The van der Waals surface area contributed by atoms with Crippen molar-refractivity contribution in [3.63, 3.8) is 0 Å². The number of imide groups is 1. The fourth-order valence-electron chi connectivity index (χ4n) is 6.51. The molecule has 1 unspecified atom stereocenters. The van der Waals surface area contributed by atoms with E-state index in [4.69, 9.17) is 4.98 Å². The van der Waals surface area contributed by atoms with Crippen LogP contribution in [0.3, 0.4) is 0 Å². The van der Waals surface area contributed by atoms with Gasteiger partial charge in [-0.1, -0.05) is 6.07 Å². The number of carbonyl (C=O) groups excluding carboxylic acids is 3. The quantitative estimate of drug-likeness (QED) is 0.501. The molecular formula is C29H29F2N5O3. The molecule has 39 heavy (non-hydrogen) atoms. The van der Waals surface area contributed by atoms with Gasteiger partial charge >= 0.3 is 0 Å². The van der Waals surface area contributed by atoms with Crippen molar-refractivity contribution in [3.05, 3.63) is 53.2 Å². The Morgan fingerprint density at radius 3 is 2.59 bits per heavy atom.